The molecule has 2 rings (SSSR count). The van der Waals surface area contributed by atoms with E-state index < -0.39 is 0 Å². The summed E-state index contributed by atoms with van der Waals surface area (Å²) in [6.07, 6.45) is 3.63. The van der Waals surface area contributed by atoms with E-state index in [0.717, 1.165) is 52.2 Å². The molecule has 0 bridgehead atoms. The van der Waals surface area contributed by atoms with E-state index in [1.807, 2.05) is 0 Å². The number of nitrogens with zero attached hydrogens (tertiary/aromatic N) is 1. The van der Waals surface area contributed by atoms with Gasteiger partial charge in [-0.1, -0.05) is 0 Å². The van der Waals surface area contributed by atoms with Gasteiger partial charge in [0.1, 0.15) is 0 Å². The largest absolute Gasteiger partial charge is 0.379 e. The second-order valence-electron chi connectivity index (χ2n) is 4.65. The SMILES string of the molecule is ClC1CCC(NCCCN2CCOCC2)NN1. The van der Waals surface area contributed by atoms with E-state index in [4.69, 9.17) is 16.3 Å². The van der Waals surface area contributed by atoms with Gasteiger partial charge < -0.3 is 10.1 Å². The van der Waals surface area contributed by atoms with Crippen molar-refractivity contribution in [1.82, 2.24) is 21.1 Å². The number of halogens is 1. The fraction of sp³-hybridized carbons (Fsp3) is 1.00. The molecule has 2 aliphatic rings. The first kappa shape index (κ1) is 13.5. The second-order valence-corrected chi connectivity index (χ2v) is 5.17. The lowest BCUT2D eigenvalue weighted by atomic mass is 10.2. The number of hydrogen-bond donors (Lipinski definition) is 3. The van der Waals surface area contributed by atoms with Crippen LogP contribution in [0.3, 0.4) is 0 Å². The van der Waals surface area contributed by atoms with Crippen molar-refractivity contribution in [3.05, 3.63) is 0 Å². The van der Waals surface area contributed by atoms with E-state index in [9.17, 15) is 0 Å². The van der Waals surface area contributed by atoms with Crippen molar-refractivity contribution in [3.63, 3.8) is 0 Å². The zero-order valence-corrected chi connectivity index (χ0v) is 11.0. The Balaban J connectivity index is 1.48. The van der Waals surface area contributed by atoms with Crippen molar-refractivity contribution in [1.29, 1.82) is 0 Å². The highest BCUT2D eigenvalue weighted by molar-refractivity contribution is 6.20. The van der Waals surface area contributed by atoms with Crippen molar-refractivity contribution < 1.29 is 4.74 Å². The average Bonchev–Trinajstić information content (AvgIpc) is 2.38. The van der Waals surface area contributed by atoms with Gasteiger partial charge in [-0.3, -0.25) is 4.90 Å². The summed E-state index contributed by atoms with van der Waals surface area (Å²) in [5.41, 5.74) is 6.30. The Morgan fingerprint density at radius 2 is 2.06 bits per heavy atom. The molecular formula is C11H23ClN4O. The van der Waals surface area contributed by atoms with Gasteiger partial charge >= 0.3 is 0 Å². The van der Waals surface area contributed by atoms with Gasteiger partial charge in [-0.2, -0.15) is 0 Å². The summed E-state index contributed by atoms with van der Waals surface area (Å²) in [6.45, 7) is 6.14. The predicted octanol–water partition coefficient (Wildman–Crippen LogP) is 0.0773. The number of morpholine rings is 1. The number of alkyl halides is 1. The smallest absolute Gasteiger partial charge is 0.0953 e. The van der Waals surface area contributed by atoms with E-state index in [0.29, 0.717) is 6.17 Å². The molecule has 100 valence electrons. The Morgan fingerprint density at radius 3 is 2.76 bits per heavy atom. The molecule has 2 aliphatic heterocycles. The third kappa shape index (κ3) is 5.07. The molecule has 0 radical (unpaired) electrons. The fourth-order valence-corrected chi connectivity index (χ4v) is 2.39. The minimum atomic E-state index is 0.0707. The summed E-state index contributed by atoms with van der Waals surface area (Å²) in [6, 6.07) is 0. The maximum absolute atomic E-state index is 5.92. The van der Waals surface area contributed by atoms with Crippen LogP contribution in [0.1, 0.15) is 19.3 Å². The first-order valence-corrected chi connectivity index (χ1v) is 6.97. The fourth-order valence-electron chi connectivity index (χ4n) is 2.21. The third-order valence-electron chi connectivity index (χ3n) is 3.27. The van der Waals surface area contributed by atoms with E-state index >= 15 is 0 Å². The highest BCUT2D eigenvalue weighted by Gasteiger charge is 2.17. The second kappa shape index (κ2) is 7.51. The number of ether oxygens (including phenoxy) is 1. The van der Waals surface area contributed by atoms with Crippen LogP contribution in [0.15, 0.2) is 0 Å². The molecule has 17 heavy (non-hydrogen) atoms. The minimum absolute atomic E-state index is 0.0707. The monoisotopic (exact) mass is 262 g/mol. The number of hydrazine groups is 1. The van der Waals surface area contributed by atoms with Gasteiger partial charge in [0.25, 0.3) is 0 Å². The molecule has 0 aromatic rings. The van der Waals surface area contributed by atoms with Gasteiger partial charge in [0.05, 0.1) is 24.9 Å². The van der Waals surface area contributed by atoms with Crippen molar-refractivity contribution >= 4 is 11.6 Å². The summed E-state index contributed by atoms with van der Waals surface area (Å²) in [7, 11) is 0. The van der Waals surface area contributed by atoms with Gasteiger partial charge in [0.15, 0.2) is 0 Å². The molecule has 0 saturated carbocycles. The summed E-state index contributed by atoms with van der Waals surface area (Å²) in [5.74, 6) is 0. The zero-order chi connectivity index (χ0) is 11.9. The molecule has 2 atom stereocenters. The average molecular weight is 263 g/mol. The quantitative estimate of drug-likeness (QED) is 0.372. The number of nitrogens with one attached hydrogen (secondary N) is 3. The van der Waals surface area contributed by atoms with Gasteiger partial charge in [0.2, 0.25) is 0 Å². The molecule has 6 heteroatoms. The van der Waals surface area contributed by atoms with Crippen molar-refractivity contribution in [3.8, 4) is 0 Å². The molecule has 0 aliphatic carbocycles. The van der Waals surface area contributed by atoms with Crippen LogP contribution in [-0.2, 0) is 4.74 Å². The summed E-state index contributed by atoms with van der Waals surface area (Å²) >= 11 is 5.92. The van der Waals surface area contributed by atoms with E-state index in [1.54, 1.807) is 0 Å². The lowest BCUT2D eigenvalue weighted by molar-refractivity contribution is 0.0373. The molecule has 2 fully saturated rings. The van der Waals surface area contributed by atoms with Gasteiger partial charge in [-0.05, 0) is 32.4 Å². The molecule has 5 nitrogen and oxygen atoms in total. The van der Waals surface area contributed by atoms with Gasteiger partial charge in [-0.15, -0.1) is 11.6 Å². The number of hydrogen-bond acceptors (Lipinski definition) is 5. The van der Waals surface area contributed by atoms with Crippen LogP contribution in [0, 0.1) is 0 Å². The summed E-state index contributed by atoms with van der Waals surface area (Å²) in [4.78, 5) is 2.46. The Hall–Kier alpha value is 0.0900. The van der Waals surface area contributed by atoms with Crippen LogP contribution in [-0.4, -0.2) is 56.0 Å². The van der Waals surface area contributed by atoms with Crippen molar-refractivity contribution in [2.75, 3.05) is 39.4 Å². The third-order valence-corrected chi connectivity index (χ3v) is 3.60. The Labute approximate surface area is 108 Å². The molecule has 2 heterocycles. The van der Waals surface area contributed by atoms with E-state index in [2.05, 4.69) is 21.1 Å². The minimum Gasteiger partial charge on any atom is -0.379 e. The van der Waals surface area contributed by atoms with Crippen LogP contribution < -0.4 is 16.2 Å². The van der Waals surface area contributed by atoms with E-state index in [1.165, 1.54) is 6.42 Å². The highest BCUT2D eigenvalue weighted by atomic mass is 35.5. The van der Waals surface area contributed by atoms with E-state index in [-0.39, 0.29) is 5.50 Å². The molecule has 0 aromatic heterocycles. The lowest BCUT2D eigenvalue weighted by Gasteiger charge is -2.29. The Morgan fingerprint density at radius 1 is 1.24 bits per heavy atom. The van der Waals surface area contributed by atoms with Crippen molar-refractivity contribution in [2.45, 2.75) is 30.9 Å². The molecule has 0 spiro atoms. The first-order chi connectivity index (χ1) is 8.34. The Bertz CT molecular complexity index is 206. The van der Waals surface area contributed by atoms with Crippen LogP contribution >= 0.6 is 11.6 Å². The molecule has 2 unspecified atom stereocenters. The van der Waals surface area contributed by atoms with Crippen LogP contribution in [0.25, 0.3) is 0 Å². The summed E-state index contributed by atoms with van der Waals surface area (Å²) < 4.78 is 5.32. The Kier molecular flexibility index (Phi) is 5.97. The predicted molar refractivity (Wildman–Crippen MR) is 68.8 cm³/mol. The maximum Gasteiger partial charge on any atom is 0.0953 e. The zero-order valence-electron chi connectivity index (χ0n) is 10.3. The van der Waals surface area contributed by atoms with Crippen LogP contribution in [0.2, 0.25) is 0 Å². The lowest BCUT2D eigenvalue weighted by Crippen LogP contribution is -2.55. The molecule has 3 N–H and O–H groups in total. The van der Waals surface area contributed by atoms with Crippen LogP contribution in [0.5, 0.6) is 0 Å². The molecular weight excluding hydrogens is 240 g/mol. The number of rotatable bonds is 5. The standard InChI is InChI=1S/C11H23ClN4O/c12-10-2-3-11(15-14-10)13-4-1-5-16-6-8-17-9-7-16/h10-11,13-15H,1-9H2. The van der Waals surface area contributed by atoms with Crippen molar-refractivity contribution in [2.24, 2.45) is 0 Å². The van der Waals surface area contributed by atoms with Crippen LogP contribution in [0.4, 0.5) is 0 Å². The topological polar surface area (TPSA) is 48.6 Å². The highest BCUT2D eigenvalue weighted by Crippen LogP contribution is 2.07. The summed E-state index contributed by atoms with van der Waals surface area (Å²) in [5, 5.41) is 3.49. The normalized spacial score (nSPS) is 31.6. The molecule has 0 amide bonds. The molecule has 0 aromatic carbocycles. The maximum atomic E-state index is 5.92. The molecule has 2 saturated heterocycles. The first-order valence-electron chi connectivity index (χ1n) is 6.53. The van der Waals surface area contributed by atoms with Gasteiger partial charge in [0, 0.05) is 13.1 Å². The van der Waals surface area contributed by atoms with Gasteiger partial charge in [-0.25, -0.2) is 10.9 Å².